The van der Waals surface area contributed by atoms with Crippen LogP contribution >= 0.6 is 0 Å². The van der Waals surface area contributed by atoms with Crippen LogP contribution in [-0.2, 0) is 24.6 Å². The molecule has 308 valence electrons. The van der Waals surface area contributed by atoms with Crippen LogP contribution in [-0.4, -0.2) is 23.6 Å². The van der Waals surface area contributed by atoms with Gasteiger partial charge < -0.3 is 9.47 Å². The monoisotopic (exact) mass is 826 g/mol. The summed E-state index contributed by atoms with van der Waals surface area (Å²) in [5.41, 5.74) is 4.67. The summed E-state index contributed by atoms with van der Waals surface area (Å²) < 4.78 is 12.7. The van der Waals surface area contributed by atoms with Gasteiger partial charge in [0.2, 0.25) is 23.6 Å². The molecule has 2 saturated carbocycles. The second-order valence-electron chi connectivity index (χ2n) is 17.7. The lowest BCUT2D eigenvalue weighted by Crippen LogP contribution is -2.32. The van der Waals surface area contributed by atoms with Gasteiger partial charge in [0.25, 0.3) is 0 Å². The minimum atomic E-state index is -0.715. The number of rotatable bonds is 10. The molecule has 6 aromatic rings. The third-order valence-electron chi connectivity index (χ3n) is 14.6. The van der Waals surface area contributed by atoms with Crippen molar-refractivity contribution in [3.05, 3.63) is 204 Å². The average Bonchev–Trinajstić information content (AvgIpc) is 4.20. The maximum absolute atomic E-state index is 13.4. The van der Waals surface area contributed by atoms with E-state index in [1.54, 1.807) is 48.5 Å². The lowest BCUT2D eigenvalue weighted by Gasteiger charge is -2.37. The van der Waals surface area contributed by atoms with Crippen LogP contribution in [0.5, 0.6) is 23.0 Å². The van der Waals surface area contributed by atoms with Gasteiger partial charge in [0.15, 0.2) is 0 Å². The van der Waals surface area contributed by atoms with Crippen LogP contribution in [0.25, 0.3) is 0 Å². The Kier molecular flexibility index (Phi) is 8.55. The third-order valence-corrected chi connectivity index (χ3v) is 14.6. The van der Waals surface area contributed by atoms with E-state index in [-0.39, 0.29) is 71.0 Å². The maximum Gasteiger partial charge on any atom is 0.238 e. The zero-order valence-corrected chi connectivity index (χ0v) is 34.2. The summed E-state index contributed by atoms with van der Waals surface area (Å²) in [5.74, 6) is 1.78. The largest absolute Gasteiger partial charge is 0.457 e. The molecule has 4 bridgehead atoms. The van der Waals surface area contributed by atoms with E-state index >= 15 is 0 Å². The van der Waals surface area contributed by atoms with E-state index in [1.807, 2.05) is 36.4 Å². The van der Waals surface area contributed by atoms with Gasteiger partial charge in [0, 0.05) is 0 Å². The molecule has 4 aliphatic carbocycles. The number of nitrogens with zero attached hydrogens (tertiary/aromatic N) is 2. The number of hydrogen-bond acceptors (Lipinski definition) is 6. The highest BCUT2D eigenvalue weighted by molar-refractivity contribution is 6.23. The highest BCUT2D eigenvalue weighted by Gasteiger charge is 2.60. The molecule has 2 aliphatic heterocycles. The number of allylic oxidation sites excluding steroid dienone is 4. The van der Waals surface area contributed by atoms with Gasteiger partial charge in [-0.05, 0) is 132 Å². The van der Waals surface area contributed by atoms with Crippen LogP contribution in [0.2, 0.25) is 0 Å². The van der Waals surface area contributed by atoms with E-state index < -0.39 is 5.41 Å². The van der Waals surface area contributed by atoms with E-state index in [0.29, 0.717) is 34.4 Å². The van der Waals surface area contributed by atoms with E-state index in [0.717, 1.165) is 35.1 Å². The summed E-state index contributed by atoms with van der Waals surface area (Å²) in [7, 11) is 0. The quantitative estimate of drug-likeness (QED) is 0.0776. The van der Waals surface area contributed by atoms with Crippen molar-refractivity contribution in [3.63, 3.8) is 0 Å². The molecule has 0 aromatic heterocycles. The van der Waals surface area contributed by atoms with Crippen LogP contribution in [0.3, 0.4) is 0 Å². The highest BCUT2D eigenvalue weighted by Crippen LogP contribution is 2.55. The van der Waals surface area contributed by atoms with Crippen molar-refractivity contribution in [3.8, 4) is 23.0 Å². The average molecular weight is 827 g/mol. The minimum absolute atomic E-state index is 0.0959. The predicted octanol–water partition coefficient (Wildman–Crippen LogP) is 10.3. The summed E-state index contributed by atoms with van der Waals surface area (Å²) in [6.45, 7) is 0. The van der Waals surface area contributed by atoms with Crippen LogP contribution in [0.4, 0.5) is 11.4 Å². The van der Waals surface area contributed by atoms with Gasteiger partial charge >= 0.3 is 0 Å². The van der Waals surface area contributed by atoms with Gasteiger partial charge in [-0.25, -0.2) is 0 Å². The molecule has 2 heterocycles. The Morgan fingerprint density at radius 3 is 0.921 bits per heavy atom. The molecule has 63 heavy (non-hydrogen) atoms. The summed E-state index contributed by atoms with van der Waals surface area (Å²) >= 11 is 0. The zero-order valence-electron chi connectivity index (χ0n) is 34.2. The first-order valence-electron chi connectivity index (χ1n) is 21.9. The standard InChI is InChI=1S/C55H42N2O6/c58-51-47-33-11-12-34(31-33)48(47)52(59)56(51)41-19-27-45(28-20-41)62-43-23-15-39(16-24-43)55(37-7-3-1-4-8-37,38-9-5-2-6-10-38)40-17-25-44(26-18-40)63-46-29-21-42(22-30-46)57-53(60)49-35-13-14-36(32-35)50(49)54(57)61/h1-30,33-36,47-50H,31-32H2/t33-,34-,35-,36-,47+,48+,49+,50+/m0/s1. The van der Waals surface area contributed by atoms with Gasteiger partial charge in [-0.3, -0.25) is 29.0 Å². The Morgan fingerprint density at radius 1 is 0.349 bits per heavy atom. The molecule has 4 fully saturated rings. The van der Waals surface area contributed by atoms with Gasteiger partial charge in [0.1, 0.15) is 23.0 Å². The third kappa shape index (κ3) is 5.73. The molecule has 0 radical (unpaired) electrons. The van der Waals surface area contributed by atoms with E-state index in [4.69, 9.17) is 9.47 Å². The fourth-order valence-corrected chi connectivity index (χ4v) is 11.8. The summed E-state index contributed by atoms with van der Waals surface area (Å²) in [5, 5.41) is 0. The van der Waals surface area contributed by atoms with Crippen LogP contribution in [0.1, 0.15) is 35.1 Å². The number of carbonyl (C=O) groups is 4. The Morgan fingerprint density at radius 2 is 0.619 bits per heavy atom. The fraction of sp³-hybridized carbons (Fsp3) is 0.200. The molecular formula is C55H42N2O6. The first-order chi connectivity index (χ1) is 30.9. The smallest absolute Gasteiger partial charge is 0.238 e. The van der Waals surface area contributed by atoms with Crippen LogP contribution < -0.4 is 19.3 Å². The molecule has 0 spiro atoms. The number of hydrogen-bond donors (Lipinski definition) is 0. The van der Waals surface area contributed by atoms with Crippen molar-refractivity contribution in [2.24, 2.45) is 47.3 Å². The molecule has 6 aliphatic rings. The normalized spacial score (nSPS) is 26.2. The summed E-state index contributed by atoms with van der Waals surface area (Å²) in [4.78, 5) is 56.3. The SMILES string of the molecule is O=C1[C@H]2[C@H](C(=O)N1c1ccc(Oc3ccc(C(c4ccccc4)(c4ccccc4)c4ccc(Oc5ccc(N6C(=O)[C@H]7[C@H](C6=O)[C@H]6C=C[C@H]7C6)cc5)cc4)cc3)cc1)[C@H]1C=C[C@H]2C1. The predicted molar refractivity (Wildman–Crippen MR) is 238 cm³/mol. The number of benzene rings is 6. The van der Waals surface area contributed by atoms with Gasteiger partial charge in [-0.15, -0.1) is 0 Å². The number of ether oxygens (including phenoxy) is 2. The first kappa shape index (κ1) is 37.4. The molecule has 8 nitrogen and oxygen atoms in total. The number of amides is 4. The van der Waals surface area contributed by atoms with Gasteiger partial charge in [0.05, 0.1) is 40.5 Å². The lowest BCUT2D eigenvalue weighted by atomic mass is 9.65. The minimum Gasteiger partial charge on any atom is -0.457 e. The molecule has 6 aromatic carbocycles. The Labute approximate surface area is 365 Å². The summed E-state index contributed by atoms with van der Waals surface area (Å²) in [6, 6.07) is 51.6. The van der Waals surface area contributed by atoms with Crippen molar-refractivity contribution < 1.29 is 28.7 Å². The van der Waals surface area contributed by atoms with Crippen molar-refractivity contribution in [2.75, 3.05) is 9.80 Å². The second-order valence-corrected chi connectivity index (χ2v) is 17.7. The number of imide groups is 2. The molecular weight excluding hydrogens is 785 g/mol. The number of carbonyl (C=O) groups excluding carboxylic acids is 4. The first-order valence-corrected chi connectivity index (χ1v) is 21.9. The van der Waals surface area contributed by atoms with Gasteiger partial charge in [-0.1, -0.05) is 109 Å². The van der Waals surface area contributed by atoms with Gasteiger partial charge in [-0.2, -0.15) is 0 Å². The van der Waals surface area contributed by atoms with E-state index in [1.165, 1.54) is 9.80 Å². The number of fused-ring (bicyclic) bond motifs is 10. The molecule has 2 saturated heterocycles. The molecule has 0 N–H and O–H groups in total. The highest BCUT2D eigenvalue weighted by atomic mass is 16.5. The Bertz CT molecular complexity index is 2600. The molecule has 8 atom stereocenters. The topological polar surface area (TPSA) is 93.2 Å². The zero-order chi connectivity index (χ0) is 42.4. The van der Waals surface area contributed by atoms with Crippen molar-refractivity contribution in [1.82, 2.24) is 0 Å². The van der Waals surface area contributed by atoms with E-state index in [2.05, 4.69) is 97.1 Å². The van der Waals surface area contributed by atoms with E-state index in [9.17, 15) is 19.2 Å². The lowest BCUT2D eigenvalue weighted by molar-refractivity contribution is -0.124. The van der Waals surface area contributed by atoms with Crippen molar-refractivity contribution in [2.45, 2.75) is 18.3 Å². The molecule has 0 unspecified atom stereocenters. The molecule has 8 heteroatoms. The molecule has 4 amide bonds. The van der Waals surface area contributed by atoms with Crippen molar-refractivity contribution >= 4 is 35.0 Å². The summed E-state index contributed by atoms with van der Waals surface area (Å²) in [6.07, 6.45) is 10.2. The van der Waals surface area contributed by atoms with Crippen LogP contribution in [0, 0.1) is 47.3 Å². The fourth-order valence-electron chi connectivity index (χ4n) is 11.8. The van der Waals surface area contributed by atoms with Crippen LogP contribution in [0.15, 0.2) is 182 Å². The Balaban J connectivity index is 0.806. The Hall–Kier alpha value is -7.32. The molecule has 12 rings (SSSR count). The second kappa shape index (κ2) is 14.4. The maximum atomic E-state index is 13.4. The van der Waals surface area contributed by atoms with Crippen molar-refractivity contribution in [1.29, 1.82) is 0 Å². The number of anilines is 2.